The van der Waals surface area contributed by atoms with Gasteiger partial charge in [0.25, 0.3) is 0 Å². The summed E-state index contributed by atoms with van der Waals surface area (Å²) in [6.45, 7) is 0. The van der Waals surface area contributed by atoms with E-state index >= 15 is 0 Å². The van der Waals surface area contributed by atoms with E-state index < -0.39 is 0 Å². The van der Waals surface area contributed by atoms with Crippen LogP contribution in [0.4, 0.5) is 0 Å². The first-order valence-electron chi connectivity index (χ1n) is 4.35. The summed E-state index contributed by atoms with van der Waals surface area (Å²) in [6, 6.07) is 7.73. The van der Waals surface area contributed by atoms with Crippen LogP contribution in [-0.4, -0.2) is 6.29 Å². The molecular weight excluding hydrogens is 148 g/mol. The largest absolute Gasteiger partial charge is 0.285 e. The van der Waals surface area contributed by atoms with Gasteiger partial charge in [-0.05, 0) is 30.7 Å². The molecule has 0 spiro atoms. The highest BCUT2D eigenvalue weighted by Gasteiger charge is 2.20. The Labute approximate surface area is 72.4 Å². The average molecular weight is 159 g/mol. The Hall–Kier alpha value is -1.11. The lowest BCUT2D eigenvalue weighted by Gasteiger charge is -1.97. The summed E-state index contributed by atoms with van der Waals surface area (Å²) in [5.41, 5.74) is 1.99. The SMILES string of the molecule is O=[C]c1ccc(CC2CC2)cc1. The predicted octanol–water partition coefficient (Wildman–Crippen LogP) is 2.10. The Morgan fingerprint density at radius 2 is 1.92 bits per heavy atom. The Morgan fingerprint density at radius 1 is 1.25 bits per heavy atom. The molecule has 0 heterocycles. The lowest BCUT2D eigenvalue weighted by molar-refractivity contribution is 0.562. The van der Waals surface area contributed by atoms with Gasteiger partial charge in [-0.15, -0.1) is 0 Å². The molecule has 1 nitrogen and oxygen atoms in total. The van der Waals surface area contributed by atoms with Gasteiger partial charge < -0.3 is 0 Å². The highest BCUT2D eigenvalue weighted by Crippen LogP contribution is 2.32. The Bertz CT molecular complexity index is 270. The van der Waals surface area contributed by atoms with Crippen molar-refractivity contribution in [2.75, 3.05) is 0 Å². The summed E-state index contributed by atoms with van der Waals surface area (Å²) in [5.74, 6) is 0.913. The van der Waals surface area contributed by atoms with Crippen molar-refractivity contribution in [1.82, 2.24) is 0 Å². The summed E-state index contributed by atoms with van der Waals surface area (Å²) >= 11 is 0. The number of carbonyl (C=O) groups excluding carboxylic acids is 1. The van der Waals surface area contributed by atoms with Crippen molar-refractivity contribution in [2.24, 2.45) is 5.92 Å². The zero-order valence-corrected chi connectivity index (χ0v) is 6.92. The van der Waals surface area contributed by atoms with Crippen molar-refractivity contribution in [3.05, 3.63) is 35.4 Å². The quantitative estimate of drug-likeness (QED) is 0.660. The fraction of sp³-hybridized carbons (Fsp3) is 0.364. The zero-order chi connectivity index (χ0) is 8.39. The summed E-state index contributed by atoms with van der Waals surface area (Å²) < 4.78 is 0. The molecule has 12 heavy (non-hydrogen) atoms. The van der Waals surface area contributed by atoms with E-state index in [0.29, 0.717) is 5.56 Å². The van der Waals surface area contributed by atoms with Gasteiger partial charge in [-0.3, -0.25) is 4.79 Å². The zero-order valence-electron chi connectivity index (χ0n) is 6.92. The number of hydrogen-bond donors (Lipinski definition) is 0. The molecular formula is C11H11O. The molecule has 0 aromatic heterocycles. The minimum atomic E-state index is 0.648. The van der Waals surface area contributed by atoms with Crippen LogP contribution in [-0.2, 0) is 11.2 Å². The van der Waals surface area contributed by atoms with Gasteiger partial charge in [0.1, 0.15) is 0 Å². The van der Waals surface area contributed by atoms with Gasteiger partial charge in [0, 0.05) is 5.56 Å². The van der Waals surface area contributed by atoms with E-state index in [2.05, 4.69) is 0 Å². The second kappa shape index (κ2) is 3.10. The Balaban J connectivity index is 2.07. The highest BCUT2D eigenvalue weighted by atomic mass is 16.1. The molecule has 0 bridgehead atoms. The molecule has 1 aromatic rings. The maximum Gasteiger partial charge on any atom is 0.233 e. The molecule has 1 fully saturated rings. The molecule has 1 saturated carbocycles. The van der Waals surface area contributed by atoms with E-state index in [-0.39, 0.29) is 0 Å². The van der Waals surface area contributed by atoms with E-state index in [4.69, 9.17) is 0 Å². The average Bonchev–Trinajstić information content (AvgIpc) is 2.90. The standard InChI is InChI=1S/C11H11O/c12-8-11-5-3-10(4-6-11)7-9-1-2-9/h3-6,9H,1-2,7H2. The maximum absolute atomic E-state index is 10.2. The third-order valence-corrected chi connectivity index (χ3v) is 2.29. The molecule has 1 aliphatic rings. The lowest BCUT2D eigenvalue weighted by atomic mass is 10.1. The van der Waals surface area contributed by atoms with E-state index in [0.717, 1.165) is 5.92 Å². The molecule has 0 N–H and O–H groups in total. The highest BCUT2D eigenvalue weighted by molar-refractivity contribution is 5.75. The van der Waals surface area contributed by atoms with Gasteiger partial charge in [0.15, 0.2) is 0 Å². The summed E-state index contributed by atoms with van der Waals surface area (Å²) in [4.78, 5) is 10.2. The molecule has 1 heteroatoms. The molecule has 1 aromatic carbocycles. The molecule has 0 unspecified atom stereocenters. The molecule has 61 valence electrons. The van der Waals surface area contributed by atoms with Gasteiger partial charge in [-0.25, -0.2) is 0 Å². The van der Waals surface area contributed by atoms with Crippen LogP contribution >= 0.6 is 0 Å². The number of rotatable bonds is 3. The fourth-order valence-corrected chi connectivity index (χ4v) is 1.36. The van der Waals surface area contributed by atoms with Crippen molar-refractivity contribution in [3.8, 4) is 0 Å². The normalized spacial score (nSPS) is 16.0. The van der Waals surface area contributed by atoms with Crippen molar-refractivity contribution in [3.63, 3.8) is 0 Å². The van der Waals surface area contributed by atoms with E-state index in [1.54, 1.807) is 0 Å². The van der Waals surface area contributed by atoms with E-state index in [9.17, 15) is 4.79 Å². The minimum Gasteiger partial charge on any atom is -0.285 e. The predicted molar refractivity (Wildman–Crippen MR) is 47.7 cm³/mol. The smallest absolute Gasteiger partial charge is 0.233 e. The number of benzene rings is 1. The van der Waals surface area contributed by atoms with E-state index in [1.165, 1.54) is 24.8 Å². The van der Waals surface area contributed by atoms with Gasteiger partial charge in [-0.2, -0.15) is 0 Å². The summed E-state index contributed by atoms with van der Waals surface area (Å²) in [6.07, 6.45) is 5.81. The van der Waals surface area contributed by atoms with Crippen LogP contribution in [0.5, 0.6) is 0 Å². The van der Waals surface area contributed by atoms with Crippen LogP contribution in [0, 0.1) is 5.92 Å². The van der Waals surface area contributed by atoms with E-state index in [1.807, 2.05) is 30.6 Å². The van der Waals surface area contributed by atoms with Crippen molar-refractivity contribution < 1.29 is 4.79 Å². The third-order valence-electron chi connectivity index (χ3n) is 2.29. The Kier molecular flexibility index (Phi) is 1.94. The van der Waals surface area contributed by atoms with Gasteiger partial charge in [0.2, 0.25) is 6.29 Å². The summed E-state index contributed by atoms with van der Waals surface area (Å²) in [7, 11) is 0. The molecule has 2 rings (SSSR count). The first kappa shape index (κ1) is 7.53. The molecule has 0 atom stereocenters. The van der Waals surface area contributed by atoms with Gasteiger partial charge in [0.05, 0.1) is 0 Å². The van der Waals surface area contributed by atoms with Gasteiger partial charge in [-0.1, -0.05) is 24.3 Å². The first-order valence-corrected chi connectivity index (χ1v) is 4.35. The van der Waals surface area contributed by atoms with Crippen LogP contribution in [0.3, 0.4) is 0 Å². The van der Waals surface area contributed by atoms with Crippen molar-refractivity contribution >= 4 is 6.29 Å². The topological polar surface area (TPSA) is 17.1 Å². The fourth-order valence-electron chi connectivity index (χ4n) is 1.36. The molecule has 0 amide bonds. The van der Waals surface area contributed by atoms with Gasteiger partial charge >= 0.3 is 0 Å². The van der Waals surface area contributed by atoms with Crippen molar-refractivity contribution in [1.29, 1.82) is 0 Å². The van der Waals surface area contributed by atoms with Crippen LogP contribution in [0.25, 0.3) is 0 Å². The minimum absolute atomic E-state index is 0.648. The molecule has 0 aliphatic heterocycles. The molecule has 1 radical (unpaired) electrons. The van der Waals surface area contributed by atoms with Crippen LogP contribution < -0.4 is 0 Å². The molecule has 0 saturated heterocycles. The second-order valence-electron chi connectivity index (χ2n) is 3.45. The number of hydrogen-bond acceptors (Lipinski definition) is 1. The lowest BCUT2D eigenvalue weighted by Crippen LogP contribution is -1.87. The molecule has 1 aliphatic carbocycles. The second-order valence-corrected chi connectivity index (χ2v) is 3.45. The van der Waals surface area contributed by atoms with Crippen molar-refractivity contribution in [2.45, 2.75) is 19.3 Å². The monoisotopic (exact) mass is 159 g/mol. The third kappa shape index (κ3) is 1.73. The first-order chi connectivity index (χ1) is 5.88. The van der Waals surface area contributed by atoms with Crippen LogP contribution in [0.15, 0.2) is 24.3 Å². The Morgan fingerprint density at radius 3 is 2.42 bits per heavy atom. The summed E-state index contributed by atoms with van der Waals surface area (Å²) in [5, 5.41) is 0. The van der Waals surface area contributed by atoms with Crippen LogP contribution in [0.2, 0.25) is 0 Å². The maximum atomic E-state index is 10.2. The van der Waals surface area contributed by atoms with Crippen LogP contribution in [0.1, 0.15) is 24.0 Å².